The number of carbonyl (C=O) groups excluding carboxylic acids is 1. The fourth-order valence-electron chi connectivity index (χ4n) is 3.89. The highest BCUT2D eigenvalue weighted by Gasteiger charge is 2.29. The molecule has 3 heterocycles. The van der Waals surface area contributed by atoms with E-state index in [4.69, 9.17) is 10.7 Å². The summed E-state index contributed by atoms with van der Waals surface area (Å²) in [6.07, 6.45) is 4.99. The Morgan fingerprint density at radius 3 is 2.74 bits per heavy atom. The predicted molar refractivity (Wildman–Crippen MR) is 118 cm³/mol. The van der Waals surface area contributed by atoms with E-state index in [9.17, 15) is 9.18 Å². The van der Waals surface area contributed by atoms with Gasteiger partial charge in [0, 0.05) is 51.1 Å². The van der Waals surface area contributed by atoms with Crippen LogP contribution in [0.4, 0.5) is 16.2 Å². The third-order valence-corrected chi connectivity index (χ3v) is 5.47. The van der Waals surface area contributed by atoms with Crippen molar-refractivity contribution in [3.05, 3.63) is 65.9 Å². The minimum Gasteiger partial charge on any atom is -0.384 e. The summed E-state index contributed by atoms with van der Waals surface area (Å²) in [5.74, 6) is 0.591. The van der Waals surface area contributed by atoms with Crippen LogP contribution in [0.3, 0.4) is 0 Å². The first-order valence-corrected chi connectivity index (χ1v) is 10.2. The Hall–Kier alpha value is -3.55. The molecule has 0 aliphatic carbocycles. The molecule has 31 heavy (non-hydrogen) atoms. The maximum absolute atomic E-state index is 13.9. The molecule has 1 atom stereocenters. The maximum atomic E-state index is 13.9. The van der Waals surface area contributed by atoms with Crippen molar-refractivity contribution in [3.8, 4) is 11.1 Å². The third-order valence-electron chi connectivity index (χ3n) is 5.47. The molecule has 4 rings (SSSR count). The minimum atomic E-state index is -0.309. The Morgan fingerprint density at radius 2 is 2.03 bits per heavy atom. The van der Waals surface area contributed by atoms with E-state index in [1.165, 1.54) is 18.3 Å². The van der Waals surface area contributed by atoms with Crippen molar-refractivity contribution in [2.75, 3.05) is 37.8 Å². The van der Waals surface area contributed by atoms with E-state index in [2.05, 4.69) is 9.97 Å². The van der Waals surface area contributed by atoms with Gasteiger partial charge in [0.2, 0.25) is 5.95 Å². The van der Waals surface area contributed by atoms with E-state index in [-0.39, 0.29) is 17.6 Å². The number of piperidine rings is 1. The number of carbonyl (C=O) groups is 1. The van der Waals surface area contributed by atoms with Crippen molar-refractivity contribution >= 4 is 17.7 Å². The number of pyridine rings is 1. The van der Waals surface area contributed by atoms with E-state index < -0.39 is 0 Å². The molecule has 2 aromatic heterocycles. The lowest BCUT2D eigenvalue weighted by molar-refractivity contribution is 0.0705. The first kappa shape index (κ1) is 20.7. The highest BCUT2D eigenvalue weighted by molar-refractivity contribution is 5.94. The Bertz CT molecular complexity index is 1090. The fraction of sp³-hybridized carbons (Fsp3) is 0.304. The Balaban J connectivity index is 1.68. The normalized spacial score (nSPS) is 16.2. The molecule has 3 aromatic rings. The number of rotatable bonds is 4. The van der Waals surface area contributed by atoms with Crippen molar-refractivity contribution < 1.29 is 9.18 Å². The van der Waals surface area contributed by atoms with Crippen LogP contribution in [-0.2, 0) is 0 Å². The summed E-state index contributed by atoms with van der Waals surface area (Å²) in [5.41, 5.74) is 8.50. The molecule has 0 saturated carbocycles. The van der Waals surface area contributed by atoms with E-state index in [1.54, 1.807) is 24.4 Å². The van der Waals surface area contributed by atoms with Crippen LogP contribution in [0.25, 0.3) is 11.1 Å². The minimum absolute atomic E-state index is 0.0133. The average Bonchev–Trinajstić information content (AvgIpc) is 2.79. The molecule has 2 N–H and O–H groups in total. The molecule has 1 aromatic carbocycles. The van der Waals surface area contributed by atoms with Gasteiger partial charge in [-0.1, -0.05) is 12.1 Å². The van der Waals surface area contributed by atoms with Gasteiger partial charge in [-0.3, -0.25) is 4.79 Å². The highest BCUT2D eigenvalue weighted by atomic mass is 19.1. The Morgan fingerprint density at radius 1 is 1.19 bits per heavy atom. The largest absolute Gasteiger partial charge is 0.384 e. The number of benzene rings is 1. The zero-order chi connectivity index (χ0) is 22.0. The van der Waals surface area contributed by atoms with E-state index in [0.29, 0.717) is 30.4 Å². The van der Waals surface area contributed by atoms with Crippen molar-refractivity contribution in [2.45, 2.75) is 18.8 Å². The molecular weight excluding hydrogens is 395 g/mol. The molecule has 1 saturated heterocycles. The SMILES string of the molecule is CN(C)c1ncc(-c2cccc(F)c2)c([C@@H]2CCCN(C(=O)c3ccc(N)nc3)C2)n1. The zero-order valence-corrected chi connectivity index (χ0v) is 17.6. The summed E-state index contributed by atoms with van der Waals surface area (Å²) in [6, 6.07) is 9.76. The number of halogens is 1. The molecule has 7 nitrogen and oxygen atoms in total. The van der Waals surface area contributed by atoms with Crippen molar-refractivity contribution in [1.82, 2.24) is 19.9 Å². The van der Waals surface area contributed by atoms with Gasteiger partial charge >= 0.3 is 0 Å². The lowest BCUT2D eigenvalue weighted by Crippen LogP contribution is -2.39. The number of nitrogen functional groups attached to an aromatic ring is 1. The van der Waals surface area contributed by atoms with Crippen LogP contribution >= 0.6 is 0 Å². The van der Waals surface area contributed by atoms with Gasteiger partial charge in [0.05, 0.1) is 11.3 Å². The predicted octanol–water partition coefficient (Wildman–Crippen LogP) is 3.35. The van der Waals surface area contributed by atoms with Crippen LogP contribution in [0.15, 0.2) is 48.8 Å². The second-order valence-electron chi connectivity index (χ2n) is 7.94. The highest BCUT2D eigenvalue weighted by Crippen LogP contribution is 2.34. The Kier molecular flexibility index (Phi) is 5.79. The monoisotopic (exact) mass is 420 g/mol. The molecule has 0 bridgehead atoms. The van der Waals surface area contributed by atoms with Gasteiger partial charge in [-0.05, 0) is 42.7 Å². The van der Waals surface area contributed by atoms with Gasteiger partial charge in [0.1, 0.15) is 11.6 Å². The maximum Gasteiger partial charge on any atom is 0.255 e. The molecule has 1 amide bonds. The molecule has 8 heteroatoms. The second-order valence-corrected chi connectivity index (χ2v) is 7.94. The molecular formula is C23H25FN6O. The van der Waals surface area contributed by atoms with Gasteiger partial charge in [-0.2, -0.15) is 0 Å². The topological polar surface area (TPSA) is 88.2 Å². The molecule has 0 unspecified atom stereocenters. The quantitative estimate of drug-likeness (QED) is 0.696. The molecule has 0 spiro atoms. The van der Waals surface area contributed by atoms with Crippen LogP contribution in [0, 0.1) is 5.82 Å². The lowest BCUT2D eigenvalue weighted by atomic mass is 9.89. The van der Waals surface area contributed by atoms with Crippen molar-refractivity contribution in [3.63, 3.8) is 0 Å². The molecule has 1 aliphatic heterocycles. The average molecular weight is 420 g/mol. The molecule has 160 valence electrons. The number of nitrogens with zero attached hydrogens (tertiary/aromatic N) is 5. The second kappa shape index (κ2) is 8.67. The summed E-state index contributed by atoms with van der Waals surface area (Å²) in [6.45, 7) is 1.19. The van der Waals surface area contributed by atoms with Gasteiger partial charge in [-0.15, -0.1) is 0 Å². The number of anilines is 2. The Labute approximate surface area is 180 Å². The summed E-state index contributed by atoms with van der Waals surface area (Å²) < 4.78 is 13.9. The number of hydrogen-bond donors (Lipinski definition) is 1. The van der Waals surface area contributed by atoms with Crippen LogP contribution < -0.4 is 10.6 Å². The first-order chi connectivity index (χ1) is 14.9. The molecule has 1 fully saturated rings. The van der Waals surface area contributed by atoms with Crippen LogP contribution in [-0.4, -0.2) is 52.9 Å². The lowest BCUT2D eigenvalue weighted by Gasteiger charge is -2.33. The third kappa shape index (κ3) is 4.47. The number of nitrogens with two attached hydrogens (primary N) is 1. The molecule has 0 radical (unpaired) electrons. The van der Waals surface area contributed by atoms with Crippen LogP contribution in [0.5, 0.6) is 0 Å². The van der Waals surface area contributed by atoms with E-state index >= 15 is 0 Å². The van der Waals surface area contributed by atoms with Crippen molar-refractivity contribution in [2.24, 2.45) is 0 Å². The first-order valence-electron chi connectivity index (χ1n) is 10.2. The van der Waals surface area contributed by atoms with Gasteiger partial charge in [0.15, 0.2) is 0 Å². The van der Waals surface area contributed by atoms with Gasteiger partial charge < -0.3 is 15.5 Å². The summed E-state index contributed by atoms with van der Waals surface area (Å²) in [5, 5.41) is 0. The van der Waals surface area contributed by atoms with Gasteiger partial charge in [0.25, 0.3) is 5.91 Å². The van der Waals surface area contributed by atoms with Crippen LogP contribution in [0.2, 0.25) is 0 Å². The summed E-state index contributed by atoms with van der Waals surface area (Å²) in [7, 11) is 3.76. The number of likely N-dealkylation sites (tertiary alicyclic amines) is 1. The number of amides is 1. The standard InChI is InChI=1S/C23H25FN6O/c1-29(2)23-27-13-19(15-5-3-7-18(24)11-15)21(28-23)17-6-4-10-30(14-17)22(31)16-8-9-20(25)26-12-16/h3,5,7-9,11-13,17H,4,6,10,14H2,1-2H3,(H2,25,26)/t17-/m1/s1. The smallest absolute Gasteiger partial charge is 0.255 e. The fourth-order valence-corrected chi connectivity index (χ4v) is 3.89. The number of aromatic nitrogens is 3. The van der Waals surface area contributed by atoms with Crippen molar-refractivity contribution in [1.29, 1.82) is 0 Å². The van der Waals surface area contributed by atoms with E-state index in [0.717, 1.165) is 29.7 Å². The summed E-state index contributed by atoms with van der Waals surface area (Å²) in [4.78, 5) is 30.0. The number of hydrogen-bond acceptors (Lipinski definition) is 6. The van der Waals surface area contributed by atoms with Crippen LogP contribution in [0.1, 0.15) is 34.8 Å². The van der Waals surface area contributed by atoms with E-state index in [1.807, 2.05) is 30.0 Å². The zero-order valence-electron chi connectivity index (χ0n) is 17.6. The van der Waals surface area contributed by atoms with Gasteiger partial charge in [-0.25, -0.2) is 19.3 Å². The molecule has 1 aliphatic rings. The summed E-state index contributed by atoms with van der Waals surface area (Å²) >= 11 is 0.